The summed E-state index contributed by atoms with van der Waals surface area (Å²) in [5, 5.41) is 2.56. The van der Waals surface area contributed by atoms with Gasteiger partial charge in [-0.1, -0.05) is 11.6 Å². The Bertz CT molecular complexity index is 1030. The minimum Gasteiger partial charge on any atom is -0.466 e. The average Bonchev–Trinajstić information content (AvgIpc) is 2.99. The van der Waals surface area contributed by atoms with Gasteiger partial charge in [0.1, 0.15) is 16.2 Å². The number of benzene rings is 2. The van der Waals surface area contributed by atoms with Crippen LogP contribution < -0.4 is 10.1 Å². The second-order valence-corrected chi connectivity index (χ2v) is 8.28. The number of fused-ring (bicyclic) bond motifs is 1. The number of nitrogens with one attached hydrogen (secondary N) is 1. The van der Waals surface area contributed by atoms with Crippen molar-refractivity contribution in [1.82, 2.24) is 0 Å². The SMILES string of the molecule is CCOC(=O)C(C)C1(SC)C(=O)Nc2ccc(Oc3ccc(C(F)(F)F)cc3Cl)cc21. The van der Waals surface area contributed by atoms with Crippen molar-refractivity contribution in [1.29, 1.82) is 0 Å². The molecule has 10 heteroatoms. The molecule has 1 amide bonds. The lowest BCUT2D eigenvalue weighted by Crippen LogP contribution is -2.42. The lowest BCUT2D eigenvalue weighted by Gasteiger charge is -2.30. The van der Waals surface area contributed by atoms with Crippen LogP contribution >= 0.6 is 23.4 Å². The molecule has 0 saturated carbocycles. The number of ether oxygens (including phenoxy) is 2. The molecule has 1 aliphatic heterocycles. The number of carbonyl (C=O) groups excluding carboxylic acids is 2. The van der Waals surface area contributed by atoms with Gasteiger partial charge in [0.15, 0.2) is 0 Å². The van der Waals surface area contributed by atoms with Crippen molar-refractivity contribution in [3.8, 4) is 11.5 Å². The first-order valence-corrected chi connectivity index (χ1v) is 10.9. The van der Waals surface area contributed by atoms with Crippen molar-refractivity contribution in [2.75, 3.05) is 18.2 Å². The van der Waals surface area contributed by atoms with Crippen LogP contribution in [0.2, 0.25) is 5.02 Å². The maximum Gasteiger partial charge on any atom is 0.416 e. The molecule has 5 nitrogen and oxygen atoms in total. The third-order valence-corrected chi connectivity index (χ3v) is 6.73. The maximum absolute atomic E-state index is 12.9. The Balaban J connectivity index is 1.98. The molecule has 31 heavy (non-hydrogen) atoms. The highest BCUT2D eigenvalue weighted by atomic mass is 35.5. The van der Waals surface area contributed by atoms with Crippen LogP contribution in [0.1, 0.15) is 25.0 Å². The summed E-state index contributed by atoms with van der Waals surface area (Å²) in [6.07, 6.45) is -2.81. The van der Waals surface area contributed by atoms with Gasteiger partial charge in [-0.05, 0) is 56.5 Å². The molecular weight excluding hydrogens is 455 g/mol. The van der Waals surface area contributed by atoms with Crippen LogP contribution in [0.15, 0.2) is 36.4 Å². The predicted octanol–water partition coefficient (Wildman–Crippen LogP) is 5.86. The Labute approximate surface area is 186 Å². The van der Waals surface area contributed by atoms with Gasteiger partial charge >= 0.3 is 12.1 Å². The Morgan fingerprint density at radius 1 is 1.26 bits per heavy atom. The number of anilines is 1. The molecule has 0 saturated heterocycles. The summed E-state index contributed by atoms with van der Waals surface area (Å²) < 4.78 is 48.1. The Kier molecular flexibility index (Phi) is 6.48. The molecule has 0 fully saturated rings. The van der Waals surface area contributed by atoms with Gasteiger partial charge < -0.3 is 14.8 Å². The van der Waals surface area contributed by atoms with E-state index in [0.717, 1.165) is 18.2 Å². The van der Waals surface area contributed by atoms with E-state index in [1.807, 2.05) is 0 Å². The molecule has 2 aromatic carbocycles. The van der Waals surface area contributed by atoms with E-state index in [-0.39, 0.29) is 29.0 Å². The van der Waals surface area contributed by atoms with E-state index >= 15 is 0 Å². The summed E-state index contributed by atoms with van der Waals surface area (Å²) >= 11 is 7.18. The highest BCUT2D eigenvalue weighted by Gasteiger charge is 2.53. The van der Waals surface area contributed by atoms with Crippen LogP contribution in [0.25, 0.3) is 0 Å². The van der Waals surface area contributed by atoms with E-state index in [4.69, 9.17) is 21.1 Å². The van der Waals surface area contributed by atoms with Gasteiger partial charge in [0, 0.05) is 11.3 Å². The topological polar surface area (TPSA) is 64.6 Å². The lowest BCUT2D eigenvalue weighted by atomic mass is 9.87. The molecule has 166 valence electrons. The minimum absolute atomic E-state index is 0.0279. The van der Waals surface area contributed by atoms with Crippen molar-refractivity contribution >= 4 is 40.9 Å². The second kappa shape index (κ2) is 8.63. The Morgan fingerprint density at radius 2 is 1.97 bits per heavy atom. The van der Waals surface area contributed by atoms with Gasteiger partial charge in [-0.25, -0.2) is 0 Å². The maximum atomic E-state index is 12.9. The highest BCUT2D eigenvalue weighted by Crippen LogP contribution is 2.51. The summed E-state index contributed by atoms with van der Waals surface area (Å²) in [4.78, 5) is 25.3. The van der Waals surface area contributed by atoms with Crippen LogP contribution in [0.3, 0.4) is 0 Å². The molecule has 1 N–H and O–H groups in total. The average molecular weight is 474 g/mol. The molecule has 0 aromatic heterocycles. The molecular formula is C21H19ClF3NO4S. The number of amides is 1. The van der Waals surface area contributed by atoms with E-state index in [2.05, 4.69) is 5.32 Å². The lowest BCUT2D eigenvalue weighted by molar-refractivity contribution is -0.150. The summed E-state index contributed by atoms with van der Waals surface area (Å²) in [5.41, 5.74) is 0.144. The van der Waals surface area contributed by atoms with E-state index in [9.17, 15) is 22.8 Å². The molecule has 1 heterocycles. The summed E-state index contributed by atoms with van der Waals surface area (Å²) in [6, 6.07) is 7.52. The number of hydrogen-bond acceptors (Lipinski definition) is 5. The molecule has 2 atom stereocenters. The smallest absolute Gasteiger partial charge is 0.416 e. The minimum atomic E-state index is -4.52. The third-order valence-electron chi connectivity index (χ3n) is 5.04. The van der Waals surface area contributed by atoms with E-state index in [1.54, 1.807) is 38.3 Å². The van der Waals surface area contributed by atoms with Crippen molar-refractivity contribution in [2.24, 2.45) is 5.92 Å². The van der Waals surface area contributed by atoms with Crippen LogP contribution in [0.5, 0.6) is 11.5 Å². The summed E-state index contributed by atoms with van der Waals surface area (Å²) in [6.45, 7) is 3.47. The van der Waals surface area contributed by atoms with Crippen LogP contribution in [-0.2, 0) is 25.2 Å². The molecule has 3 rings (SSSR count). The number of hydrogen-bond donors (Lipinski definition) is 1. The fourth-order valence-corrected chi connectivity index (χ4v) is 4.76. The Hall–Kier alpha value is -2.39. The number of alkyl halides is 3. The zero-order chi connectivity index (χ0) is 23.0. The molecule has 0 radical (unpaired) electrons. The van der Waals surface area contributed by atoms with Crippen LogP contribution in [-0.4, -0.2) is 24.7 Å². The highest BCUT2D eigenvalue weighted by molar-refractivity contribution is 8.00. The normalized spacial score (nSPS) is 18.9. The summed E-state index contributed by atoms with van der Waals surface area (Å²) in [7, 11) is 0. The van der Waals surface area contributed by atoms with E-state index < -0.39 is 28.4 Å². The van der Waals surface area contributed by atoms with E-state index in [1.165, 1.54) is 11.8 Å². The number of carbonyl (C=O) groups is 2. The van der Waals surface area contributed by atoms with Gasteiger partial charge in [-0.3, -0.25) is 9.59 Å². The molecule has 0 aliphatic carbocycles. The van der Waals surface area contributed by atoms with Crippen molar-refractivity contribution in [3.63, 3.8) is 0 Å². The van der Waals surface area contributed by atoms with Gasteiger partial charge in [0.2, 0.25) is 5.91 Å². The fraction of sp³-hybridized carbons (Fsp3) is 0.333. The predicted molar refractivity (Wildman–Crippen MR) is 113 cm³/mol. The first kappa shape index (κ1) is 23.3. The third kappa shape index (κ3) is 4.21. The largest absolute Gasteiger partial charge is 0.466 e. The number of halogens is 4. The summed E-state index contributed by atoms with van der Waals surface area (Å²) in [5.74, 6) is -1.39. The molecule has 2 unspecified atom stereocenters. The van der Waals surface area contributed by atoms with Crippen LogP contribution in [0.4, 0.5) is 18.9 Å². The van der Waals surface area contributed by atoms with E-state index in [0.29, 0.717) is 11.3 Å². The first-order valence-electron chi connectivity index (χ1n) is 9.27. The first-order chi connectivity index (χ1) is 14.5. The van der Waals surface area contributed by atoms with Crippen molar-refractivity contribution < 1.29 is 32.2 Å². The fourth-order valence-electron chi connectivity index (χ4n) is 3.47. The number of thioether (sulfide) groups is 1. The zero-order valence-corrected chi connectivity index (χ0v) is 18.4. The van der Waals surface area contributed by atoms with Gasteiger partial charge in [0.05, 0.1) is 23.1 Å². The molecule has 0 spiro atoms. The standard InChI is InChI=1S/C21H19ClF3NO4S/c1-4-29-18(27)11(2)20(31-3)14-10-13(6-7-16(14)26-19(20)28)30-17-8-5-12(9-15(17)22)21(23,24)25/h5-11H,4H2,1-3H3,(H,26,28). The van der Waals surface area contributed by atoms with Crippen molar-refractivity contribution in [3.05, 3.63) is 52.5 Å². The monoisotopic (exact) mass is 473 g/mol. The quantitative estimate of drug-likeness (QED) is 0.532. The Morgan fingerprint density at radius 3 is 2.55 bits per heavy atom. The number of rotatable bonds is 6. The second-order valence-electron chi connectivity index (χ2n) is 6.82. The molecule has 0 bridgehead atoms. The van der Waals surface area contributed by atoms with Crippen LogP contribution in [0, 0.1) is 5.92 Å². The van der Waals surface area contributed by atoms with Gasteiger partial charge in [0.25, 0.3) is 0 Å². The molecule has 1 aliphatic rings. The van der Waals surface area contributed by atoms with Crippen molar-refractivity contribution in [2.45, 2.75) is 24.8 Å². The molecule has 2 aromatic rings. The number of esters is 1. The zero-order valence-electron chi connectivity index (χ0n) is 16.8. The van der Waals surface area contributed by atoms with Gasteiger partial charge in [-0.15, -0.1) is 11.8 Å². The van der Waals surface area contributed by atoms with Gasteiger partial charge in [-0.2, -0.15) is 13.2 Å².